The van der Waals surface area contributed by atoms with Crippen molar-refractivity contribution in [3.63, 3.8) is 0 Å². The summed E-state index contributed by atoms with van der Waals surface area (Å²) in [5, 5.41) is 13.5. The molecule has 0 bridgehead atoms. The number of aliphatic carboxylic acids is 1. The normalized spacial score (nSPS) is 25.0. The van der Waals surface area contributed by atoms with Crippen LogP contribution in [0.3, 0.4) is 0 Å². The lowest BCUT2D eigenvalue weighted by atomic mass is 9.90. The van der Waals surface area contributed by atoms with Crippen LogP contribution in [-0.4, -0.2) is 33.4 Å². The monoisotopic (exact) mass is 237 g/mol. The topological polar surface area (TPSA) is 58.4 Å². The Morgan fingerprint density at radius 1 is 1.59 bits per heavy atom. The summed E-state index contributed by atoms with van der Waals surface area (Å²) < 4.78 is 1.83. The first-order chi connectivity index (χ1) is 8.00. The molecular formula is C12H19N3O2. The van der Waals surface area contributed by atoms with Crippen molar-refractivity contribution in [1.82, 2.24) is 9.78 Å². The van der Waals surface area contributed by atoms with Gasteiger partial charge in [-0.15, -0.1) is 0 Å². The number of carboxylic acid groups (broad SMARTS) is 1. The summed E-state index contributed by atoms with van der Waals surface area (Å²) in [6.45, 7) is 4.84. The maximum absolute atomic E-state index is 11.2. The Morgan fingerprint density at radius 3 is 2.82 bits per heavy atom. The third kappa shape index (κ3) is 2.14. The average Bonchev–Trinajstić information content (AvgIpc) is 2.57. The second-order valence-corrected chi connectivity index (χ2v) is 4.79. The minimum Gasteiger partial charge on any atom is -0.481 e. The molecule has 0 aliphatic carbocycles. The number of hydrogen-bond acceptors (Lipinski definition) is 3. The van der Waals surface area contributed by atoms with Crippen LogP contribution < -0.4 is 4.90 Å². The number of carbonyl (C=O) groups is 1. The van der Waals surface area contributed by atoms with Crippen LogP contribution in [0.5, 0.6) is 0 Å². The molecule has 2 rings (SSSR count). The standard InChI is InChI=1S/C12H19N3O2/c1-8-7-11(14(3)13-8)15-6-4-5-10(9(15)2)12(16)17/h7,9-10H,4-6H2,1-3H3,(H,16,17)/t9-,10+/m1/s1. The van der Waals surface area contributed by atoms with Gasteiger partial charge in [-0.1, -0.05) is 0 Å². The molecule has 1 aliphatic heterocycles. The van der Waals surface area contributed by atoms with Gasteiger partial charge in [0, 0.05) is 25.7 Å². The molecule has 1 aromatic heterocycles. The molecule has 0 aromatic carbocycles. The fourth-order valence-electron chi connectivity index (χ4n) is 2.66. The number of nitrogens with zero attached hydrogens (tertiary/aromatic N) is 3. The van der Waals surface area contributed by atoms with Gasteiger partial charge in [-0.05, 0) is 26.7 Å². The van der Waals surface area contributed by atoms with Crippen LogP contribution in [0, 0.1) is 12.8 Å². The number of anilines is 1. The lowest BCUT2D eigenvalue weighted by molar-refractivity contribution is -0.143. The van der Waals surface area contributed by atoms with Crippen molar-refractivity contribution in [2.45, 2.75) is 32.7 Å². The van der Waals surface area contributed by atoms with Crippen molar-refractivity contribution < 1.29 is 9.90 Å². The fraction of sp³-hybridized carbons (Fsp3) is 0.667. The van der Waals surface area contributed by atoms with E-state index in [2.05, 4.69) is 10.00 Å². The number of piperidine rings is 1. The lowest BCUT2D eigenvalue weighted by Crippen LogP contribution is -2.47. The van der Waals surface area contributed by atoms with Gasteiger partial charge in [0.25, 0.3) is 0 Å². The van der Waals surface area contributed by atoms with Crippen molar-refractivity contribution in [3.8, 4) is 0 Å². The molecule has 0 amide bonds. The molecule has 1 aromatic rings. The summed E-state index contributed by atoms with van der Waals surface area (Å²) in [5.74, 6) is 0.0426. The summed E-state index contributed by atoms with van der Waals surface area (Å²) in [6, 6.07) is 2.04. The lowest BCUT2D eigenvalue weighted by Gasteiger charge is -2.38. The predicted molar refractivity (Wildman–Crippen MR) is 65.1 cm³/mol. The van der Waals surface area contributed by atoms with Gasteiger partial charge in [-0.2, -0.15) is 5.10 Å². The number of aryl methyl sites for hydroxylation is 2. The van der Waals surface area contributed by atoms with Crippen molar-refractivity contribution in [2.75, 3.05) is 11.4 Å². The molecule has 0 unspecified atom stereocenters. The van der Waals surface area contributed by atoms with E-state index in [1.165, 1.54) is 0 Å². The van der Waals surface area contributed by atoms with Crippen LogP contribution in [0.4, 0.5) is 5.82 Å². The molecule has 1 aliphatic rings. The van der Waals surface area contributed by atoms with Gasteiger partial charge < -0.3 is 10.0 Å². The highest BCUT2D eigenvalue weighted by Crippen LogP contribution is 2.28. The SMILES string of the molecule is Cc1cc(N2CCC[C@H](C(=O)O)[C@H]2C)n(C)n1. The first kappa shape index (κ1) is 12.0. The predicted octanol–water partition coefficient (Wildman–Crippen LogP) is 1.42. The van der Waals surface area contributed by atoms with Crippen molar-refractivity contribution in [2.24, 2.45) is 13.0 Å². The van der Waals surface area contributed by atoms with E-state index in [1.54, 1.807) is 0 Å². The molecule has 0 saturated carbocycles. The maximum Gasteiger partial charge on any atom is 0.308 e. The highest BCUT2D eigenvalue weighted by atomic mass is 16.4. The van der Waals surface area contributed by atoms with Crippen LogP contribution in [-0.2, 0) is 11.8 Å². The second-order valence-electron chi connectivity index (χ2n) is 4.79. The number of aromatic nitrogens is 2. The first-order valence-corrected chi connectivity index (χ1v) is 6.01. The Bertz CT molecular complexity index is 427. The molecule has 5 nitrogen and oxygen atoms in total. The largest absolute Gasteiger partial charge is 0.481 e. The number of carboxylic acids is 1. The van der Waals surface area contributed by atoms with Crippen molar-refractivity contribution in [3.05, 3.63) is 11.8 Å². The number of hydrogen-bond donors (Lipinski definition) is 1. The highest BCUT2D eigenvalue weighted by molar-refractivity contribution is 5.72. The molecule has 2 atom stereocenters. The molecule has 2 heterocycles. The number of rotatable bonds is 2. The Morgan fingerprint density at radius 2 is 2.29 bits per heavy atom. The summed E-state index contributed by atoms with van der Waals surface area (Å²) in [7, 11) is 1.90. The Kier molecular flexibility index (Phi) is 3.09. The summed E-state index contributed by atoms with van der Waals surface area (Å²) in [4.78, 5) is 13.3. The zero-order valence-electron chi connectivity index (χ0n) is 10.6. The zero-order valence-corrected chi connectivity index (χ0v) is 10.6. The molecule has 94 valence electrons. The Hall–Kier alpha value is -1.52. The Balaban J connectivity index is 2.26. The summed E-state index contributed by atoms with van der Waals surface area (Å²) in [5.41, 5.74) is 0.965. The smallest absolute Gasteiger partial charge is 0.308 e. The first-order valence-electron chi connectivity index (χ1n) is 6.01. The molecule has 0 radical (unpaired) electrons. The zero-order chi connectivity index (χ0) is 12.6. The van der Waals surface area contributed by atoms with Crippen LogP contribution in [0.25, 0.3) is 0 Å². The van der Waals surface area contributed by atoms with Gasteiger partial charge in [0.05, 0.1) is 11.6 Å². The molecule has 5 heteroatoms. The van der Waals surface area contributed by atoms with E-state index in [0.717, 1.165) is 30.9 Å². The van der Waals surface area contributed by atoms with Crippen molar-refractivity contribution in [1.29, 1.82) is 0 Å². The quantitative estimate of drug-likeness (QED) is 0.845. The van der Waals surface area contributed by atoms with Crippen LogP contribution >= 0.6 is 0 Å². The molecule has 17 heavy (non-hydrogen) atoms. The van der Waals surface area contributed by atoms with E-state index in [9.17, 15) is 9.90 Å². The molecule has 1 fully saturated rings. The Labute approximate surface area is 101 Å². The fourth-order valence-corrected chi connectivity index (χ4v) is 2.66. The third-order valence-corrected chi connectivity index (χ3v) is 3.58. The van der Waals surface area contributed by atoms with Gasteiger partial charge in [-0.3, -0.25) is 9.48 Å². The van der Waals surface area contributed by atoms with Gasteiger partial charge in [0.2, 0.25) is 0 Å². The minimum absolute atomic E-state index is 0.0241. The van der Waals surface area contributed by atoms with Crippen molar-refractivity contribution >= 4 is 11.8 Å². The van der Waals surface area contributed by atoms with E-state index in [4.69, 9.17) is 0 Å². The van der Waals surface area contributed by atoms with Gasteiger partial charge in [0.15, 0.2) is 0 Å². The van der Waals surface area contributed by atoms with Crippen LogP contribution in [0.1, 0.15) is 25.5 Å². The molecule has 1 saturated heterocycles. The summed E-state index contributed by atoms with van der Waals surface area (Å²) in [6.07, 6.45) is 1.69. The third-order valence-electron chi connectivity index (χ3n) is 3.58. The van der Waals surface area contributed by atoms with Gasteiger partial charge in [-0.25, -0.2) is 0 Å². The van der Waals surface area contributed by atoms with Gasteiger partial charge in [0.1, 0.15) is 5.82 Å². The van der Waals surface area contributed by atoms with E-state index < -0.39 is 5.97 Å². The van der Waals surface area contributed by atoms with E-state index in [1.807, 2.05) is 31.6 Å². The summed E-state index contributed by atoms with van der Waals surface area (Å²) >= 11 is 0. The van der Waals surface area contributed by atoms with Crippen LogP contribution in [0.2, 0.25) is 0 Å². The molecule has 0 spiro atoms. The molecular weight excluding hydrogens is 218 g/mol. The van der Waals surface area contributed by atoms with E-state index in [0.29, 0.717) is 0 Å². The molecule has 1 N–H and O–H groups in total. The van der Waals surface area contributed by atoms with Crippen LogP contribution in [0.15, 0.2) is 6.07 Å². The minimum atomic E-state index is -0.693. The average molecular weight is 237 g/mol. The second kappa shape index (κ2) is 4.39. The highest BCUT2D eigenvalue weighted by Gasteiger charge is 2.34. The maximum atomic E-state index is 11.2. The van der Waals surface area contributed by atoms with E-state index >= 15 is 0 Å². The van der Waals surface area contributed by atoms with Gasteiger partial charge >= 0.3 is 5.97 Å². The van der Waals surface area contributed by atoms with E-state index in [-0.39, 0.29) is 12.0 Å².